The number of Topliss-reactive ketones (excluding diaryl/α,β-unsaturated/α-hetero) is 1. The SMILES string of the molecule is Cc1[nH]c2ccccc2c1C(=O)[C@@H](C)Sc1n[nH]c(N)n1. The van der Waals surface area contributed by atoms with E-state index in [0.717, 1.165) is 22.2 Å². The predicted octanol–water partition coefficient (Wildman–Crippen LogP) is 2.54. The van der Waals surface area contributed by atoms with Gasteiger partial charge in [-0.25, -0.2) is 5.10 Å². The average molecular weight is 301 g/mol. The van der Waals surface area contributed by atoms with Crippen LogP contribution < -0.4 is 5.73 Å². The quantitative estimate of drug-likeness (QED) is 0.508. The van der Waals surface area contributed by atoms with E-state index in [1.807, 2.05) is 38.1 Å². The molecule has 0 radical (unpaired) electrons. The molecule has 0 unspecified atom stereocenters. The van der Waals surface area contributed by atoms with Crippen LogP contribution in [0.3, 0.4) is 0 Å². The zero-order valence-corrected chi connectivity index (χ0v) is 12.5. The molecule has 0 saturated heterocycles. The third kappa shape index (κ3) is 2.52. The first kappa shape index (κ1) is 13.7. The fourth-order valence-corrected chi connectivity index (χ4v) is 3.11. The lowest BCUT2D eigenvalue weighted by Gasteiger charge is -2.08. The van der Waals surface area contributed by atoms with Gasteiger partial charge in [0.25, 0.3) is 0 Å². The van der Waals surface area contributed by atoms with Crippen molar-refractivity contribution in [2.24, 2.45) is 0 Å². The number of carbonyl (C=O) groups is 1. The number of nitrogens with two attached hydrogens (primary N) is 1. The summed E-state index contributed by atoms with van der Waals surface area (Å²) in [6, 6.07) is 7.79. The van der Waals surface area contributed by atoms with Crippen LogP contribution in [-0.4, -0.2) is 31.2 Å². The minimum atomic E-state index is -0.293. The van der Waals surface area contributed by atoms with Crippen molar-refractivity contribution in [1.82, 2.24) is 20.2 Å². The van der Waals surface area contributed by atoms with E-state index in [1.165, 1.54) is 11.8 Å². The molecule has 0 saturated carbocycles. The second-order valence-electron chi connectivity index (χ2n) is 4.80. The van der Waals surface area contributed by atoms with Crippen LogP contribution in [-0.2, 0) is 0 Å². The molecule has 0 aliphatic rings. The Kier molecular flexibility index (Phi) is 3.42. The number of nitrogens with one attached hydrogen (secondary N) is 2. The van der Waals surface area contributed by atoms with Gasteiger partial charge in [-0.15, -0.1) is 5.10 Å². The number of benzene rings is 1. The molecule has 0 bridgehead atoms. The molecule has 4 N–H and O–H groups in total. The van der Waals surface area contributed by atoms with Crippen LogP contribution in [0.5, 0.6) is 0 Å². The number of carbonyl (C=O) groups excluding carboxylic acids is 1. The minimum Gasteiger partial charge on any atom is -0.368 e. The van der Waals surface area contributed by atoms with Crippen LogP contribution in [0.25, 0.3) is 10.9 Å². The normalized spacial score (nSPS) is 12.7. The number of hydrogen-bond acceptors (Lipinski definition) is 5. The van der Waals surface area contributed by atoms with Crippen molar-refractivity contribution in [3.63, 3.8) is 0 Å². The number of aryl methyl sites for hydroxylation is 1. The van der Waals surface area contributed by atoms with Crippen LogP contribution in [0, 0.1) is 6.92 Å². The molecule has 3 aromatic rings. The van der Waals surface area contributed by atoms with Gasteiger partial charge in [-0.1, -0.05) is 30.0 Å². The summed E-state index contributed by atoms with van der Waals surface area (Å²) in [5, 5.41) is 7.64. The van der Waals surface area contributed by atoms with Crippen LogP contribution in [0.4, 0.5) is 5.95 Å². The summed E-state index contributed by atoms with van der Waals surface area (Å²) in [6.45, 7) is 3.76. The molecule has 3 rings (SSSR count). The van der Waals surface area contributed by atoms with E-state index in [-0.39, 0.29) is 17.0 Å². The van der Waals surface area contributed by atoms with Gasteiger partial charge in [0.1, 0.15) is 0 Å². The number of hydrogen-bond donors (Lipinski definition) is 3. The van der Waals surface area contributed by atoms with Crippen molar-refractivity contribution < 1.29 is 4.79 Å². The summed E-state index contributed by atoms with van der Waals surface area (Å²) in [6.07, 6.45) is 0. The number of ketones is 1. The zero-order chi connectivity index (χ0) is 15.0. The number of fused-ring (bicyclic) bond motifs is 1. The molecule has 0 aliphatic carbocycles. The van der Waals surface area contributed by atoms with Crippen molar-refractivity contribution in [2.45, 2.75) is 24.3 Å². The van der Waals surface area contributed by atoms with Gasteiger partial charge >= 0.3 is 0 Å². The molecule has 0 spiro atoms. The Labute approximate surface area is 125 Å². The number of para-hydroxylation sites is 1. The second kappa shape index (κ2) is 5.25. The molecule has 1 atom stereocenters. The van der Waals surface area contributed by atoms with E-state index in [4.69, 9.17) is 5.73 Å². The highest BCUT2D eigenvalue weighted by Crippen LogP contribution is 2.28. The smallest absolute Gasteiger partial charge is 0.216 e. The maximum Gasteiger partial charge on any atom is 0.216 e. The van der Waals surface area contributed by atoms with E-state index >= 15 is 0 Å². The first-order valence-corrected chi connectivity index (χ1v) is 7.40. The molecule has 0 amide bonds. The van der Waals surface area contributed by atoms with Crippen molar-refractivity contribution >= 4 is 34.4 Å². The molecule has 6 nitrogen and oxygen atoms in total. The van der Waals surface area contributed by atoms with Crippen LogP contribution >= 0.6 is 11.8 Å². The van der Waals surface area contributed by atoms with Crippen molar-refractivity contribution in [2.75, 3.05) is 5.73 Å². The van der Waals surface area contributed by atoms with Gasteiger partial charge in [0.05, 0.1) is 5.25 Å². The van der Waals surface area contributed by atoms with E-state index in [0.29, 0.717) is 5.16 Å². The minimum absolute atomic E-state index is 0.0540. The molecule has 0 fully saturated rings. The van der Waals surface area contributed by atoms with Crippen molar-refractivity contribution in [3.05, 3.63) is 35.5 Å². The molecular formula is C14H15N5OS. The number of anilines is 1. The Morgan fingerprint density at radius 1 is 1.38 bits per heavy atom. The summed E-state index contributed by atoms with van der Waals surface area (Å²) in [4.78, 5) is 20.0. The monoisotopic (exact) mass is 301 g/mol. The number of nitrogens with zero attached hydrogens (tertiary/aromatic N) is 2. The zero-order valence-electron chi connectivity index (χ0n) is 11.7. The third-order valence-corrected chi connectivity index (χ3v) is 4.23. The van der Waals surface area contributed by atoms with Crippen molar-refractivity contribution in [1.29, 1.82) is 0 Å². The summed E-state index contributed by atoms with van der Waals surface area (Å²) >= 11 is 1.29. The molecule has 2 heterocycles. The maximum atomic E-state index is 12.7. The first-order chi connectivity index (χ1) is 10.1. The number of rotatable bonds is 4. The molecular weight excluding hydrogens is 286 g/mol. The van der Waals surface area contributed by atoms with Crippen LogP contribution in [0.15, 0.2) is 29.4 Å². The topological polar surface area (TPSA) is 100 Å². The van der Waals surface area contributed by atoms with E-state index in [9.17, 15) is 4.79 Å². The fourth-order valence-electron chi connectivity index (χ4n) is 2.32. The largest absolute Gasteiger partial charge is 0.368 e. The molecule has 7 heteroatoms. The fraction of sp³-hybridized carbons (Fsp3) is 0.214. The molecule has 21 heavy (non-hydrogen) atoms. The highest BCUT2D eigenvalue weighted by Gasteiger charge is 2.23. The summed E-state index contributed by atoms with van der Waals surface area (Å²) < 4.78 is 0. The predicted molar refractivity (Wildman–Crippen MR) is 83.5 cm³/mol. The Hall–Kier alpha value is -2.28. The lowest BCUT2D eigenvalue weighted by atomic mass is 10.1. The van der Waals surface area contributed by atoms with Crippen LogP contribution in [0.1, 0.15) is 23.0 Å². The maximum absolute atomic E-state index is 12.7. The molecule has 1 aromatic carbocycles. The lowest BCUT2D eigenvalue weighted by Crippen LogP contribution is -2.14. The second-order valence-corrected chi connectivity index (χ2v) is 6.11. The van der Waals surface area contributed by atoms with Crippen LogP contribution in [0.2, 0.25) is 0 Å². The molecule has 108 valence electrons. The Morgan fingerprint density at radius 3 is 2.86 bits per heavy atom. The van der Waals surface area contributed by atoms with Gasteiger partial charge < -0.3 is 10.7 Å². The molecule has 2 aromatic heterocycles. The average Bonchev–Trinajstić information content (AvgIpc) is 3.00. The number of aromatic amines is 2. The van der Waals surface area contributed by atoms with Crippen molar-refractivity contribution in [3.8, 4) is 0 Å². The van der Waals surface area contributed by atoms with E-state index in [2.05, 4.69) is 20.2 Å². The van der Waals surface area contributed by atoms with E-state index < -0.39 is 0 Å². The highest BCUT2D eigenvalue weighted by molar-refractivity contribution is 8.00. The standard InChI is InChI=1S/C14H15N5OS/c1-7-11(9-5-3-4-6-10(9)16-7)12(20)8(2)21-14-17-13(15)18-19-14/h3-6,8,16H,1-2H3,(H3,15,17,18,19)/t8-/m1/s1. The number of H-pyrrole nitrogens is 2. The van der Waals surface area contributed by atoms with Gasteiger partial charge in [0.2, 0.25) is 11.1 Å². The number of nitrogen functional groups attached to an aromatic ring is 1. The summed E-state index contributed by atoms with van der Waals surface area (Å²) in [7, 11) is 0. The first-order valence-electron chi connectivity index (χ1n) is 6.52. The Bertz CT molecular complexity index is 807. The van der Waals surface area contributed by atoms with Gasteiger partial charge in [-0.05, 0) is 19.9 Å². The summed E-state index contributed by atoms with van der Waals surface area (Å²) in [5.41, 5.74) is 8.07. The van der Waals surface area contributed by atoms with Gasteiger partial charge in [-0.3, -0.25) is 4.79 Å². The third-order valence-electron chi connectivity index (χ3n) is 3.27. The lowest BCUT2D eigenvalue weighted by molar-refractivity contribution is 0.0995. The summed E-state index contributed by atoms with van der Waals surface area (Å²) in [5.74, 6) is 0.304. The van der Waals surface area contributed by atoms with E-state index in [1.54, 1.807) is 0 Å². The Morgan fingerprint density at radius 2 is 2.14 bits per heavy atom. The van der Waals surface area contributed by atoms with Gasteiger partial charge in [-0.2, -0.15) is 4.98 Å². The Balaban J connectivity index is 1.91. The van der Waals surface area contributed by atoms with Gasteiger partial charge in [0.15, 0.2) is 5.78 Å². The molecule has 0 aliphatic heterocycles. The number of aromatic nitrogens is 4. The van der Waals surface area contributed by atoms with Gasteiger partial charge in [0, 0.05) is 22.2 Å². The number of thioether (sulfide) groups is 1. The highest BCUT2D eigenvalue weighted by atomic mass is 32.2.